The largest absolute Gasteiger partial charge is 0.348 e. The SMILES string of the molecule is CC1CCCC(C(=O)NC(C)c2cccc(F)c2)N1. The van der Waals surface area contributed by atoms with Crippen molar-refractivity contribution in [1.29, 1.82) is 0 Å². The molecular formula is C15H21FN2O. The van der Waals surface area contributed by atoms with Crippen LogP contribution in [0.5, 0.6) is 0 Å². The van der Waals surface area contributed by atoms with Gasteiger partial charge in [0.15, 0.2) is 0 Å². The molecule has 0 aromatic heterocycles. The van der Waals surface area contributed by atoms with Crippen LogP contribution < -0.4 is 10.6 Å². The van der Waals surface area contributed by atoms with Crippen LogP contribution in [0.1, 0.15) is 44.7 Å². The Bertz CT molecular complexity index is 450. The zero-order valence-corrected chi connectivity index (χ0v) is 11.4. The van der Waals surface area contributed by atoms with Crippen LogP contribution in [0.25, 0.3) is 0 Å². The van der Waals surface area contributed by atoms with Crippen molar-refractivity contribution in [3.8, 4) is 0 Å². The number of amides is 1. The van der Waals surface area contributed by atoms with E-state index in [4.69, 9.17) is 0 Å². The third kappa shape index (κ3) is 3.77. The summed E-state index contributed by atoms with van der Waals surface area (Å²) in [6, 6.07) is 6.43. The van der Waals surface area contributed by atoms with E-state index in [0.717, 1.165) is 24.8 Å². The predicted octanol–water partition coefficient (Wildman–Crippen LogP) is 2.53. The molecule has 0 radical (unpaired) electrons. The Morgan fingerprint density at radius 3 is 2.95 bits per heavy atom. The fourth-order valence-electron chi connectivity index (χ4n) is 2.52. The van der Waals surface area contributed by atoms with E-state index in [1.807, 2.05) is 13.0 Å². The Balaban J connectivity index is 1.94. The van der Waals surface area contributed by atoms with E-state index in [1.54, 1.807) is 6.07 Å². The maximum Gasteiger partial charge on any atom is 0.237 e. The number of nitrogens with one attached hydrogen (secondary N) is 2. The first-order valence-corrected chi connectivity index (χ1v) is 6.88. The summed E-state index contributed by atoms with van der Waals surface area (Å²) >= 11 is 0. The number of piperidine rings is 1. The molecule has 3 atom stereocenters. The lowest BCUT2D eigenvalue weighted by Crippen LogP contribution is -2.50. The molecule has 1 heterocycles. The quantitative estimate of drug-likeness (QED) is 0.881. The summed E-state index contributed by atoms with van der Waals surface area (Å²) in [4.78, 5) is 12.1. The molecule has 3 unspecified atom stereocenters. The molecule has 0 bridgehead atoms. The molecule has 1 amide bonds. The number of halogens is 1. The second-order valence-electron chi connectivity index (χ2n) is 5.34. The van der Waals surface area contributed by atoms with Crippen molar-refractivity contribution < 1.29 is 9.18 Å². The highest BCUT2D eigenvalue weighted by Gasteiger charge is 2.25. The molecule has 0 aliphatic carbocycles. The summed E-state index contributed by atoms with van der Waals surface area (Å²) in [5, 5.41) is 6.24. The Labute approximate surface area is 113 Å². The van der Waals surface area contributed by atoms with Crippen molar-refractivity contribution in [1.82, 2.24) is 10.6 Å². The molecule has 3 nitrogen and oxygen atoms in total. The van der Waals surface area contributed by atoms with Crippen LogP contribution in [0.4, 0.5) is 4.39 Å². The summed E-state index contributed by atoms with van der Waals surface area (Å²) in [5.41, 5.74) is 0.789. The van der Waals surface area contributed by atoms with Gasteiger partial charge in [-0.15, -0.1) is 0 Å². The van der Waals surface area contributed by atoms with Gasteiger partial charge in [-0.3, -0.25) is 4.79 Å². The molecule has 4 heteroatoms. The van der Waals surface area contributed by atoms with Gasteiger partial charge in [-0.05, 0) is 50.8 Å². The summed E-state index contributed by atoms with van der Waals surface area (Å²) in [5.74, 6) is -0.272. The molecule has 0 spiro atoms. The summed E-state index contributed by atoms with van der Waals surface area (Å²) in [6.45, 7) is 3.97. The van der Waals surface area contributed by atoms with Crippen LogP contribution in [0.15, 0.2) is 24.3 Å². The van der Waals surface area contributed by atoms with Gasteiger partial charge in [-0.25, -0.2) is 4.39 Å². The van der Waals surface area contributed by atoms with Gasteiger partial charge >= 0.3 is 0 Å². The summed E-state index contributed by atoms with van der Waals surface area (Å²) in [6.07, 6.45) is 3.05. The Kier molecular flexibility index (Phi) is 4.53. The smallest absolute Gasteiger partial charge is 0.237 e. The number of benzene rings is 1. The Morgan fingerprint density at radius 2 is 2.26 bits per heavy atom. The zero-order valence-electron chi connectivity index (χ0n) is 11.4. The van der Waals surface area contributed by atoms with E-state index < -0.39 is 0 Å². The van der Waals surface area contributed by atoms with E-state index in [1.165, 1.54) is 12.1 Å². The van der Waals surface area contributed by atoms with Crippen molar-refractivity contribution >= 4 is 5.91 Å². The molecule has 2 rings (SSSR count). The maximum absolute atomic E-state index is 13.1. The van der Waals surface area contributed by atoms with Crippen molar-refractivity contribution in [2.24, 2.45) is 0 Å². The number of rotatable bonds is 3. The van der Waals surface area contributed by atoms with Crippen LogP contribution in [-0.2, 0) is 4.79 Å². The van der Waals surface area contributed by atoms with Crippen LogP contribution in [0, 0.1) is 5.82 Å². The molecule has 1 aromatic rings. The Hall–Kier alpha value is -1.42. The molecular weight excluding hydrogens is 243 g/mol. The molecule has 19 heavy (non-hydrogen) atoms. The van der Waals surface area contributed by atoms with Gasteiger partial charge in [0.25, 0.3) is 0 Å². The molecule has 0 saturated carbocycles. The monoisotopic (exact) mass is 264 g/mol. The van der Waals surface area contributed by atoms with Crippen molar-refractivity contribution in [3.63, 3.8) is 0 Å². The lowest BCUT2D eigenvalue weighted by Gasteiger charge is -2.29. The van der Waals surface area contributed by atoms with E-state index >= 15 is 0 Å². The predicted molar refractivity (Wildman–Crippen MR) is 73.2 cm³/mol. The highest BCUT2D eigenvalue weighted by Crippen LogP contribution is 2.16. The van der Waals surface area contributed by atoms with Crippen LogP contribution >= 0.6 is 0 Å². The highest BCUT2D eigenvalue weighted by atomic mass is 19.1. The number of carbonyl (C=O) groups is 1. The molecule has 1 aliphatic heterocycles. The van der Waals surface area contributed by atoms with Gasteiger partial charge < -0.3 is 10.6 Å². The van der Waals surface area contributed by atoms with Gasteiger partial charge in [-0.2, -0.15) is 0 Å². The van der Waals surface area contributed by atoms with Gasteiger partial charge in [-0.1, -0.05) is 12.1 Å². The topological polar surface area (TPSA) is 41.1 Å². The second kappa shape index (κ2) is 6.15. The van der Waals surface area contributed by atoms with E-state index in [2.05, 4.69) is 17.6 Å². The average molecular weight is 264 g/mol. The van der Waals surface area contributed by atoms with E-state index in [-0.39, 0.29) is 23.8 Å². The van der Waals surface area contributed by atoms with E-state index in [0.29, 0.717) is 6.04 Å². The minimum absolute atomic E-state index is 0.00307. The Morgan fingerprint density at radius 1 is 1.47 bits per heavy atom. The summed E-state index contributed by atoms with van der Waals surface area (Å²) in [7, 11) is 0. The second-order valence-corrected chi connectivity index (χ2v) is 5.34. The summed E-state index contributed by atoms with van der Waals surface area (Å²) < 4.78 is 13.1. The highest BCUT2D eigenvalue weighted by molar-refractivity contribution is 5.82. The van der Waals surface area contributed by atoms with Crippen LogP contribution in [-0.4, -0.2) is 18.0 Å². The van der Waals surface area contributed by atoms with Crippen molar-refractivity contribution in [3.05, 3.63) is 35.6 Å². The lowest BCUT2D eigenvalue weighted by atomic mass is 9.98. The lowest BCUT2D eigenvalue weighted by molar-refractivity contribution is -0.124. The molecule has 1 saturated heterocycles. The zero-order chi connectivity index (χ0) is 13.8. The minimum atomic E-state index is -0.275. The third-order valence-corrected chi connectivity index (χ3v) is 3.64. The molecule has 104 valence electrons. The normalized spacial score (nSPS) is 24.8. The first-order chi connectivity index (χ1) is 9.06. The first-order valence-electron chi connectivity index (χ1n) is 6.88. The fourth-order valence-corrected chi connectivity index (χ4v) is 2.52. The molecule has 1 aromatic carbocycles. The average Bonchev–Trinajstić information content (AvgIpc) is 2.38. The van der Waals surface area contributed by atoms with Crippen LogP contribution in [0.3, 0.4) is 0 Å². The number of hydrogen-bond donors (Lipinski definition) is 2. The van der Waals surface area contributed by atoms with Gasteiger partial charge in [0, 0.05) is 6.04 Å². The first kappa shape index (κ1) is 14.0. The van der Waals surface area contributed by atoms with E-state index in [9.17, 15) is 9.18 Å². The van der Waals surface area contributed by atoms with Gasteiger partial charge in [0.2, 0.25) is 5.91 Å². The number of carbonyl (C=O) groups excluding carboxylic acids is 1. The molecule has 1 fully saturated rings. The van der Waals surface area contributed by atoms with Crippen molar-refractivity contribution in [2.45, 2.75) is 51.2 Å². The number of hydrogen-bond acceptors (Lipinski definition) is 2. The fraction of sp³-hybridized carbons (Fsp3) is 0.533. The standard InChI is InChI=1S/C15H21FN2O/c1-10-5-3-8-14(17-10)15(19)18-11(2)12-6-4-7-13(16)9-12/h4,6-7,9-11,14,17H,3,5,8H2,1-2H3,(H,18,19). The van der Waals surface area contributed by atoms with Gasteiger partial charge in [0.05, 0.1) is 12.1 Å². The molecule has 1 aliphatic rings. The maximum atomic E-state index is 13.1. The third-order valence-electron chi connectivity index (χ3n) is 3.64. The minimum Gasteiger partial charge on any atom is -0.348 e. The molecule has 2 N–H and O–H groups in total. The van der Waals surface area contributed by atoms with Crippen LogP contribution in [0.2, 0.25) is 0 Å². The van der Waals surface area contributed by atoms with Gasteiger partial charge in [0.1, 0.15) is 5.82 Å². The van der Waals surface area contributed by atoms with Crippen molar-refractivity contribution in [2.75, 3.05) is 0 Å².